The van der Waals surface area contributed by atoms with Gasteiger partial charge in [0.1, 0.15) is 0 Å². The second-order valence-electron chi connectivity index (χ2n) is 3.86. The SMILES string of the molecule is C/C=C(\C=C/CC)SCc1c(Cl)cccc1C(=O)O. The van der Waals surface area contributed by atoms with Crippen LogP contribution in [0.5, 0.6) is 0 Å². The number of allylic oxidation sites excluding steroid dienone is 3. The van der Waals surface area contributed by atoms with E-state index < -0.39 is 5.97 Å². The maximum absolute atomic E-state index is 11.2. The summed E-state index contributed by atoms with van der Waals surface area (Å²) >= 11 is 7.68. The van der Waals surface area contributed by atoms with E-state index in [1.807, 2.05) is 19.1 Å². The smallest absolute Gasteiger partial charge is 0.336 e. The van der Waals surface area contributed by atoms with Gasteiger partial charge in [-0.15, -0.1) is 11.8 Å². The van der Waals surface area contributed by atoms with Crippen molar-refractivity contribution in [2.75, 3.05) is 0 Å². The first kappa shape index (κ1) is 15.9. The number of halogens is 1. The Hall–Kier alpha value is -1.19. The Bertz CT molecular complexity index is 507. The fourth-order valence-electron chi connectivity index (χ4n) is 1.52. The predicted molar refractivity (Wildman–Crippen MR) is 82.9 cm³/mol. The van der Waals surface area contributed by atoms with Gasteiger partial charge >= 0.3 is 5.97 Å². The standard InChI is InChI=1S/C15H17ClO2S/c1-3-5-7-11(4-2)19-10-13-12(15(17)18)8-6-9-14(13)16/h4-9H,3,10H2,1-2H3,(H,17,18)/b7-5-,11-4+. The normalized spacial score (nSPS) is 12.1. The molecule has 0 aromatic heterocycles. The van der Waals surface area contributed by atoms with Crippen LogP contribution in [0, 0.1) is 0 Å². The zero-order valence-corrected chi connectivity index (χ0v) is 12.6. The summed E-state index contributed by atoms with van der Waals surface area (Å²) in [5.74, 6) is -0.390. The summed E-state index contributed by atoms with van der Waals surface area (Å²) in [6, 6.07) is 4.97. The van der Waals surface area contributed by atoms with E-state index in [0.29, 0.717) is 16.3 Å². The number of hydrogen-bond donors (Lipinski definition) is 1. The monoisotopic (exact) mass is 296 g/mol. The third kappa shape index (κ3) is 4.77. The first-order valence-electron chi connectivity index (χ1n) is 6.06. The van der Waals surface area contributed by atoms with E-state index in [1.165, 1.54) is 0 Å². The Balaban J connectivity index is 2.88. The molecule has 0 aliphatic heterocycles. The topological polar surface area (TPSA) is 37.3 Å². The molecule has 0 aliphatic rings. The zero-order valence-electron chi connectivity index (χ0n) is 11.0. The van der Waals surface area contributed by atoms with Crippen LogP contribution >= 0.6 is 23.4 Å². The molecular weight excluding hydrogens is 280 g/mol. The van der Waals surface area contributed by atoms with Crippen molar-refractivity contribution in [3.63, 3.8) is 0 Å². The van der Waals surface area contributed by atoms with Gasteiger partial charge in [-0.05, 0) is 31.0 Å². The second-order valence-corrected chi connectivity index (χ2v) is 5.32. The van der Waals surface area contributed by atoms with E-state index >= 15 is 0 Å². The highest BCUT2D eigenvalue weighted by atomic mass is 35.5. The summed E-state index contributed by atoms with van der Waals surface area (Å²) in [7, 11) is 0. The Morgan fingerprint density at radius 2 is 2.21 bits per heavy atom. The lowest BCUT2D eigenvalue weighted by atomic mass is 10.1. The fraction of sp³-hybridized carbons (Fsp3) is 0.267. The Labute approximate surface area is 123 Å². The number of rotatable bonds is 6. The molecule has 2 nitrogen and oxygen atoms in total. The highest BCUT2D eigenvalue weighted by molar-refractivity contribution is 8.02. The average molecular weight is 297 g/mol. The van der Waals surface area contributed by atoms with Crippen LogP contribution in [0.1, 0.15) is 36.2 Å². The molecule has 1 aromatic rings. The Morgan fingerprint density at radius 1 is 1.47 bits per heavy atom. The minimum atomic E-state index is -0.941. The minimum absolute atomic E-state index is 0.273. The molecule has 0 heterocycles. The van der Waals surface area contributed by atoms with Crippen molar-refractivity contribution in [1.29, 1.82) is 0 Å². The summed E-state index contributed by atoms with van der Waals surface area (Å²) in [4.78, 5) is 12.3. The maximum Gasteiger partial charge on any atom is 0.336 e. The first-order chi connectivity index (χ1) is 9.10. The number of aromatic carboxylic acids is 1. The van der Waals surface area contributed by atoms with Crippen molar-refractivity contribution >= 4 is 29.3 Å². The molecule has 0 fully saturated rings. The molecule has 0 saturated heterocycles. The highest BCUT2D eigenvalue weighted by Gasteiger charge is 2.13. The summed E-state index contributed by atoms with van der Waals surface area (Å²) in [5.41, 5.74) is 0.945. The second kappa shape index (κ2) is 8.08. The van der Waals surface area contributed by atoms with Crippen LogP contribution in [0.2, 0.25) is 5.02 Å². The van der Waals surface area contributed by atoms with Crippen LogP contribution in [-0.2, 0) is 5.75 Å². The summed E-state index contributed by atoms with van der Waals surface area (Å²) in [6.45, 7) is 4.04. The summed E-state index contributed by atoms with van der Waals surface area (Å²) in [5, 5.41) is 9.66. The third-order valence-corrected chi connectivity index (χ3v) is 4.03. The first-order valence-corrected chi connectivity index (χ1v) is 7.42. The molecule has 4 heteroatoms. The fourth-order valence-corrected chi connectivity index (χ4v) is 2.82. The number of thioether (sulfide) groups is 1. The molecule has 0 radical (unpaired) electrons. The van der Waals surface area contributed by atoms with Crippen molar-refractivity contribution in [3.05, 3.63) is 57.5 Å². The molecule has 1 N–H and O–H groups in total. The van der Waals surface area contributed by atoms with Gasteiger partial charge in [0.25, 0.3) is 0 Å². The van der Waals surface area contributed by atoms with Gasteiger partial charge in [-0.25, -0.2) is 4.79 Å². The molecule has 0 unspecified atom stereocenters. The minimum Gasteiger partial charge on any atom is -0.478 e. The predicted octanol–water partition coefficient (Wildman–Crippen LogP) is 5.14. The molecule has 1 aromatic carbocycles. The summed E-state index contributed by atoms with van der Waals surface area (Å²) < 4.78 is 0. The lowest BCUT2D eigenvalue weighted by Gasteiger charge is -2.08. The van der Waals surface area contributed by atoms with Crippen molar-refractivity contribution < 1.29 is 9.90 Å². The number of carbonyl (C=O) groups is 1. The number of hydrogen-bond acceptors (Lipinski definition) is 2. The van der Waals surface area contributed by atoms with E-state index in [2.05, 4.69) is 13.0 Å². The zero-order chi connectivity index (χ0) is 14.3. The molecule has 0 aliphatic carbocycles. The van der Waals surface area contributed by atoms with Crippen LogP contribution in [0.3, 0.4) is 0 Å². The van der Waals surface area contributed by atoms with Crippen LogP contribution in [0.4, 0.5) is 0 Å². The van der Waals surface area contributed by atoms with Crippen molar-refractivity contribution in [3.8, 4) is 0 Å². The number of carboxylic acids is 1. The molecule has 19 heavy (non-hydrogen) atoms. The highest BCUT2D eigenvalue weighted by Crippen LogP contribution is 2.29. The molecule has 0 bridgehead atoms. The molecular formula is C15H17ClO2S. The quantitative estimate of drug-likeness (QED) is 0.738. The van der Waals surface area contributed by atoms with Crippen LogP contribution in [-0.4, -0.2) is 11.1 Å². The molecule has 102 valence electrons. The summed E-state index contributed by atoms with van der Waals surface area (Å²) in [6.07, 6.45) is 7.10. The Morgan fingerprint density at radius 3 is 2.79 bits per heavy atom. The molecule has 0 atom stereocenters. The maximum atomic E-state index is 11.2. The molecule has 0 saturated carbocycles. The van der Waals surface area contributed by atoms with E-state index in [1.54, 1.807) is 30.0 Å². The van der Waals surface area contributed by atoms with E-state index in [9.17, 15) is 4.79 Å². The van der Waals surface area contributed by atoms with Crippen LogP contribution < -0.4 is 0 Å². The van der Waals surface area contributed by atoms with Crippen LogP contribution in [0.25, 0.3) is 0 Å². The number of carboxylic acid groups (broad SMARTS) is 1. The van der Waals surface area contributed by atoms with Gasteiger partial charge in [0.15, 0.2) is 0 Å². The van der Waals surface area contributed by atoms with E-state index in [-0.39, 0.29) is 5.56 Å². The molecule has 0 spiro atoms. The van der Waals surface area contributed by atoms with Gasteiger partial charge < -0.3 is 5.11 Å². The van der Waals surface area contributed by atoms with Crippen LogP contribution in [0.15, 0.2) is 41.3 Å². The lowest BCUT2D eigenvalue weighted by Crippen LogP contribution is -2.02. The van der Waals surface area contributed by atoms with Gasteiger partial charge in [0.2, 0.25) is 0 Å². The third-order valence-electron chi connectivity index (χ3n) is 2.53. The van der Waals surface area contributed by atoms with Gasteiger partial charge in [0, 0.05) is 15.7 Å². The number of benzene rings is 1. The lowest BCUT2D eigenvalue weighted by molar-refractivity contribution is 0.0696. The molecule has 1 rings (SSSR count). The van der Waals surface area contributed by atoms with Crippen molar-refractivity contribution in [2.45, 2.75) is 26.0 Å². The van der Waals surface area contributed by atoms with Gasteiger partial charge in [-0.2, -0.15) is 0 Å². The van der Waals surface area contributed by atoms with Gasteiger partial charge in [0.05, 0.1) is 5.56 Å². The Kier molecular flexibility index (Phi) is 6.74. The van der Waals surface area contributed by atoms with Crippen molar-refractivity contribution in [2.24, 2.45) is 0 Å². The molecule has 0 amide bonds. The van der Waals surface area contributed by atoms with Crippen molar-refractivity contribution in [1.82, 2.24) is 0 Å². The average Bonchev–Trinajstić information content (AvgIpc) is 2.40. The largest absolute Gasteiger partial charge is 0.478 e. The van der Waals surface area contributed by atoms with E-state index in [0.717, 1.165) is 11.3 Å². The van der Waals surface area contributed by atoms with E-state index in [4.69, 9.17) is 16.7 Å². The van der Waals surface area contributed by atoms with Gasteiger partial charge in [-0.1, -0.05) is 42.8 Å². The van der Waals surface area contributed by atoms with Gasteiger partial charge in [-0.3, -0.25) is 0 Å².